The van der Waals surface area contributed by atoms with Crippen molar-refractivity contribution >= 4 is 12.0 Å². The third kappa shape index (κ3) is 3.75. The molecule has 0 spiro atoms. The maximum absolute atomic E-state index is 12.9. The summed E-state index contributed by atoms with van der Waals surface area (Å²) in [5.41, 5.74) is 2.56. The second kappa shape index (κ2) is 7.35. The summed E-state index contributed by atoms with van der Waals surface area (Å²) in [7, 11) is 2.95. The van der Waals surface area contributed by atoms with E-state index in [9.17, 15) is 9.59 Å². The number of rotatable bonds is 2. The van der Waals surface area contributed by atoms with E-state index in [1.54, 1.807) is 16.9 Å². The van der Waals surface area contributed by atoms with Gasteiger partial charge in [0.1, 0.15) is 5.75 Å². The van der Waals surface area contributed by atoms with Crippen LogP contribution in [0.3, 0.4) is 0 Å². The predicted octanol–water partition coefficient (Wildman–Crippen LogP) is 2.23. The minimum absolute atomic E-state index is 0.0499. The van der Waals surface area contributed by atoms with E-state index in [0.717, 1.165) is 17.5 Å². The lowest BCUT2D eigenvalue weighted by Gasteiger charge is -2.23. The zero-order valence-corrected chi connectivity index (χ0v) is 14.2. The van der Waals surface area contributed by atoms with E-state index in [1.165, 1.54) is 7.11 Å². The van der Waals surface area contributed by atoms with Gasteiger partial charge in [0.15, 0.2) is 0 Å². The first-order valence-electron chi connectivity index (χ1n) is 7.75. The first kappa shape index (κ1) is 17.1. The SMILES string of the molecule is COC(=O)N1CCCN(C(=O)c2c(C)cc(C)cc2OC)CC1. The van der Waals surface area contributed by atoms with Crippen molar-refractivity contribution in [2.45, 2.75) is 20.3 Å². The quantitative estimate of drug-likeness (QED) is 0.838. The third-order valence-corrected chi connectivity index (χ3v) is 4.09. The fourth-order valence-corrected chi connectivity index (χ4v) is 2.95. The molecule has 0 aromatic heterocycles. The zero-order chi connectivity index (χ0) is 17.0. The predicted molar refractivity (Wildman–Crippen MR) is 87.0 cm³/mol. The van der Waals surface area contributed by atoms with Gasteiger partial charge in [-0.3, -0.25) is 4.79 Å². The molecule has 0 unspecified atom stereocenters. The van der Waals surface area contributed by atoms with Gasteiger partial charge in [-0.15, -0.1) is 0 Å². The van der Waals surface area contributed by atoms with E-state index in [4.69, 9.17) is 9.47 Å². The number of methoxy groups -OCH3 is 2. The van der Waals surface area contributed by atoms with Crippen LogP contribution >= 0.6 is 0 Å². The molecule has 23 heavy (non-hydrogen) atoms. The Morgan fingerprint density at radius 3 is 2.30 bits per heavy atom. The molecule has 0 N–H and O–H groups in total. The van der Waals surface area contributed by atoms with E-state index < -0.39 is 0 Å². The summed E-state index contributed by atoms with van der Waals surface area (Å²) in [5, 5.41) is 0. The summed E-state index contributed by atoms with van der Waals surface area (Å²) in [5.74, 6) is 0.549. The number of carbonyl (C=O) groups excluding carboxylic acids is 2. The third-order valence-electron chi connectivity index (χ3n) is 4.09. The Balaban J connectivity index is 2.20. The van der Waals surface area contributed by atoms with Gasteiger partial charge in [-0.2, -0.15) is 0 Å². The van der Waals surface area contributed by atoms with Crippen molar-refractivity contribution in [3.63, 3.8) is 0 Å². The number of amides is 2. The van der Waals surface area contributed by atoms with Crippen LogP contribution in [0.15, 0.2) is 12.1 Å². The molecule has 0 aliphatic carbocycles. The van der Waals surface area contributed by atoms with Gasteiger partial charge in [-0.25, -0.2) is 4.79 Å². The highest BCUT2D eigenvalue weighted by Crippen LogP contribution is 2.26. The molecule has 1 aromatic rings. The maximum Gasteiger partial charge on any atom is 0.409 e. The fourth-order valence-electron chi connectivity index (χ4n) is 2.95. The Labute approximate surface area is 137 Å². The lowest BCUT2D eigenvalue weighted by molar-refractivity contribution is 0.0753. The topological polar surface area (TPSA) is 59.1 Å². The zero-order valence-electron chi connectivity index (χ0n) is 14.2. The van der Waals surface area contributed by atoms with Crippen molar-refractivity contribution in [1.82, 2.24) is 9.80 Å². The molecule has 1 heterocycles. The lowest BCUT2D eigenvalue weighted by Crippen LogP contribution is -2.37. The van der Waals surface area contributed by atoms with Crippen LogP contribution in [0.25, 0.3) is 0 Å². The van der Waals surface area contributed by atoms with Gasteiger partial charge < -0.3 is 19.3 Å². The number of ether oxygens (including phenoxy) is 2. The second-order valence-corrected chi connectivity index (χ2v) is 5.76. The highest BCUT2D eigenvalue weighted by atomic mass is 16.5. The summed E-state index contributed by atoms with van der Waals surface area (Å²) in [4.78, 5) is 28.0. The van der Waals surface area contributed by atoms with Gasteiger partial charge in [0.2, 0.25) is 0 Å². The Bertz CT molecular complexity index is 601. The van der Waals surface area contributed by atoms with E-state index in [-0.39, 0.29) is 12.0 Å². The summed E-state index contributed by atoms with van der Waals surface area (Å²) in [6.45, 7) is 6.07. The van der Waals surface area contributed by atoms with Crippen LogP contribution < -0.4 is 4.74 Å². The van der Waals surface area contributed by atoms with Gasteiger partial charge >= 0.3 is 6.09 Å². The van der Waals surface area contributed by atoms with Crippen LogP contribution in [-0.4, -0.2) is 62.2 Å². The number of benzene rings is 1. The Morgan fingerprint density at radius 2 is 1.65 bits per heavy atom. The average Bonchev–Trinajstić information content (AvgIpc) is 2.78. The van der Waals surface area contributed by atoms with Crippen LogP contribution in [0.4, 0.5) is 4.79 Å². The van der Waals surface area contributed by atoms with Crippen molar-refractivity contribution in [3.05, 3.63) is 28.8 Å². The van der Waals surface area contributed by atoms with Crippen molar-refractivity contribution in [2.75, 3.05) is 40.4 Å². The van der Waals surface area contributed by atoms with Crippen molar-refractivity contribution < 1.29 is 19.1 Å². The second-order valence-electron chi connectivity index (χ2n) is 5.76. The molecule has 6 heteroatoms. The molecule has 1 saturated heterocycles. The molecular weight excluding hydrogens is 296 g/mol. The molecule has 6 nitrogen and oxygen atoms in total. The molecule has 1 aromatic carbocycles. The minimum Gasteiger partial charge on any atom is -0.496 e. The first-order chi connectivity index (χ1) is 11.0. The molecular formula is C17H24N2O4. The van der Waals surface area contributed by atoms with Gasteiger partial charge in [0.05, 0.1) is 19.8 Å². The molecule has 2 rings (SSSR count). The number of aryl methyl sites for hydroxylation is 2. The van der Waals surface area contributed by atoms with Crippen LogP contribution in [0.2, 0.25) is 0 Å². The van der Waals surface area contributed by atoms with E-state index in [0.29, 0.717) is 37.5 Å². The van der Waals surface area contributed by atoms with Crippen molar-refractivity contribution in [2.24, 2.45) is 0 Å². The van der Waals surface area contributed by atoms with Crippen molar-refractivity contribution in [3.8, 4) is 5.75 Å². The highest BCUT2D eigenvalue weighted by molar-refractivity contribution is 5.98. The lowest BCUT2D eigenvalue weighted by atomic mass is 10.0. The summed E-state index contributed by atoms with van der Waals surface area (Å²) >= 11 is 0. The van der Waals surface area contributed by atoms with E-state index >= 15 is 0 Å². The van der Waals surface area contributed by atoms with Crippen LogP contribution in [0, 0.1) is 13.8 Å². The first-order valence-corrected chi connectivity index (χ1v) is 7.75. The molecule has 0 saturated carbocycles. The Hall–Kier alpha value is -2.24. The highest BCUT2D eigenvalue weighted by Gasteiger charge is 2.26. The molecule has 1 aliphatic heterocycles. The largest absolute Gasteiger partial charge is 0.496 e. The average molecular weight is 320 g/mol. The minimum atomic E-state index is -0.344. The van der Waals surface area contributed by atoms with Gasteiger partial charge in [-0.05, 0) is 37.5 Å². The molecule has 0 atom stereocenters. The summed E-state index contributed by atoms with van der Waals surface area (Å²) < 4.78 is 10.2. The molecule has 126 valence electrons. The number of hydrogen-bond acceptors (Lipinski definition) is 4. The Kier molecular flexibility index (Phi) is 5.47. The number of hydrogen-bond donors (Lipinski definition) is 0. The summed E-state index contributed by atoms with van der Waals surface area (Å²) in [6, 6.07) is 3.85. The van der Waals surface area contributed by atoms with Crippen molar-refractivity contribution in [1.29, 1.82) is 0 Å². The smallest absolute Gasteiger partial charge is 0.409 e. The van der Waals surface area contributed by atoms with Gasteiger partial charge in [0, 0.05) is 26.2 Å². The van der Waals surface area contributed by atoms with Crippen LogP contribution in [-0.2, 0) is 4.74 Å². The molecule has 1 fully saturated rings. The summed E-state index contributed by atoms with van der Waals surface area (Å²) in [6.07, 6.45) is 0.386. The van der Waals surface area contributed by atoms with E-state index in [2.05, 4.69) is 0 Å². The van der Waals surface area contributed by atoms with Crippen LogP contribution in [0.5, 0.6) is 5.75 Å². The van der Waals surface area contributed by atoms with Gasteiger partial charge in [-0.1, -0.05) is 6.07 Å². The normalized spacial score (nSPS) is 15.1. The van der Waals surface area contributed by atoms with Gasteiger partial charge in [0.25, 0.3) is 5.91 Å². The Morgan fingerprint density at radius 1 is 1.00 bits per heavy atom. The molecule has 0 bridgehead atoms. The maximum atomic E-state index is 12.9. The fraction of sp³-hybridized carbons (Fsp3) is 0.529. The number of nitrogens with zero attached hydrogens (tertiary/aromatic N) is 2. The standard InChI is InChI=1S/C17H24N2O4/c1-12-10-13(2)15(14(11-12)22-3)16(20)18-6-5-7-19(9-8-18)17(21)23-4/h10-11H,5-9H2,1-4H3. The molecule has 1 aliphatic rings. The van der Waals surface area contributed by atoms with E-state index in [1.807, 2.05) is 26.0 Å². The molecule has 0 radical (unpaired) electrons. The monoisotopic (exact) mass is 320 g/mol. The number of carbonyl (C=O) groups is 2. The molecule has 2 amide bonds. The van der Waals surface area contributed by atoms with Crippen LogP contribution in [0.1, 0.15) is 27.9 Å².